The molecule has 20 heavy (non-hydrogen) atoms. The number of nitrogen functional groups attached to an aromatic ring is 1. The van der Waals surface area contributed by atoms with Crippen LogP contribution in [0.4, 0.5) is 5.69 Å². The van der Waals surface area contributed by atoms with E-state index in [1.807, 2.05) is 13.8 Å². The highest BCUT2D eigenvalue weighted by Gasteiger charge is 2.13. The molecule has 0 aliphatic rings. The topological polar surface area (TPSA) is 61.0 Å². The highest BCUT2D eigenvalue weighted by Crippen LogP contribution is 2.36. The van der Waals surface area contributed by atoms with E-state index in [4.69, 9.17) is 10.5 Å². The molecular weight excluding hydrogens is 270 g/mol. The molecule has 0 amide bonds. The fourth-order valence-electron chi connectivity index (χ4n) is 1.68. The summed E-state index contributed by atoms with van der Waals surface area (Å²) in [6, 6.07) is 6.32. The minimum atomic E-state index is 0.0331. The van der Waals surface area contributed by atoms with Crippen molar-refractivity contribution in [3.05, 3.63) is 35.7 Å². The summed E-state index contributed by atoms with van der Waals surface area (Å²) < 4.78 is 5.59. The van der Waals surface area contributed by atoms with Crippen LogP contribution >= 0.6 is 11.8 Å². The van der Waals surface area contributed by atoms with Gasteiger partial charge < -0.3 is 10.5 Å². The number of nitrogens with zero attached hydrogens (tertiary/aromatic N) is 2. The molecule has 0 aliphatic heterocycles. The maximum absolute atomic E-state index is 6.10. The Balaban J connectivity index is 2.32. The number of hydrogen-bond donors (Lipinski definition) is 1. The molecule has 0 fully saturated rings. The van der Waals surface area contributed by atoms with Gasteiger partial charge in [-0.15, -0.1) is 0 Å². The van der Waals surface area contributed by atoms with Crippen LogP contribution in [-0.4, -0.2) is 16.1 Å². The lowest BCUT2D eigenvalue weighted by Crippen LogP contribution is -2.10. The molecular formula is C15H19N3OS. The molecule has 5 heteroatoms. The fraction of sp³-hybridized carbons (Fsp3) is 0.333. The minimum Gasteiger partial charge on any atom is -0.473 e. The average molecular weight is 289 g/mol. The smallest absolute Gasteiger partial charge is 0.241 e. The standard InChI is InChI=1S/C15H19N3OS/c1-9(2)19-14-13(16)15(18-8-17-14)20-12-7-10(3)5-6-11(12)4/h5-9H,16H2,1-4H3. The summed E-state index contributed by atoms with van der Waals surface area (Å²) >= 11 is 1.54. The molecule has 0 unspecified atom stereocenters. The first-order valence-electron chi connectivity index (χ1n) is 6.49. The van der Waals surface area contributed by atoms with Crippen LogP contribution in [0.25, 0.3) is 0 Å². The highest BCUT2D eigenvalue weighted by atomic mass is 32.2. The Kier molecular flexibility index (Phi) is 4.49. The lowest BCUT2D eigenvalue weighted by molar-refractivity contribution is 0.233. The van der Waals surface area contributed by atoms with Gasteiger partial charge in [-0.3, -0.25) is 0 Å². The van der Waals surface area contributed by atoms with Crippen molar-refractivity contribution in [3.8, 4) is 5.88 Å². The molecule has 2 aromatic rings. The molecule has 0 aliphatic carbocycles. The van der Waals surface area contributed by atoms with Gasteiger partial charge in [-0.1, -0.05) is 23.9 Å². The van der Waals surface area contributed by atoms with Crippen molar-refractivity contribution in [2.24, 2.45) is 0 Å². The zero-order chi connectivity index (χ0) is 14.7. The van der Waals surface area contributed by atoms with Gasteiger partial charge in [0.2, 0.25) is 5.88 Å². The van der Waals surface area contributed by atoms with Crippen molar-refractivity contribution in [3.63, 3.8) is 0 Å². The van der Waals surface area contributed by atoms with Crippen LogP contribution in [0.3, 0.4) is 0 Å². The Morgan fingerprint density at radius 2 is 1.95 bits per heavy atom. The van der Waals surface area contributed by atoms with E-state index in [0.717, 1.165) is 9.92 Å². The van der Waals surface area contributed by atoms with E-state index < -0.39 is 0 Å². The van der Waals surface area contributed by atoms with Crippen LogP contribution < -0.4 is 10.5 Å². The van der Waals surface area contributed by atoms with Gasteiger partial charge in [0, 0.05) is 4.90 Å². The van der Waals surface area contributed by atoms with E-state index in [-0.39, 0.29) is 6.10 Å². The molecule has 4 nitrogen and oxygen atoms in total. The Morgan fingerprint density at radius 1 is 1.20 bits per heavy atom. The van der Waals surface area contributed by atoms with Crippen LogP contribution in [0.2, 0.25) is 0 Å². The summed E-state index contributed by atoms with van der Waals surface area (Å²) in [6.45, 7) is 8.03. The van der Waals surface area contributed by atoms with Crippen molar-refractivity contribution in [2.45, 2.75) is 43.7 Å². The molecule has 0 bridgehead atoms. The molecule has 0 atom stereocenters. The van der Waals surface area contributed by atoms with Crippen molar-refractivity contribution in [1.82, 2.24) is 9.97 Å². The first kappa shape index (κ1) is 14.7. The zero-order valence-corrected chi connectivity index (χ0v) is 13.0. The second kappa shape index (κ2) is 6.13. The van der Waals surface area contributed by atoms with Crippen LogP contribution in [0, 0.1) is 13.8 Å². The lowest BCUT2D eigenvalue weighted by Gasteiger charge is -2.13. The van der Waals surface area contributed by atoms with E-state index in [1.54, 1.807) is 11.8 Å². The second-order valence-corrected chi connectivity index (χ2v) is 5.97. The molecule has 106 valence electrons. The molecule has 1 aromatic carbocycles. The number of rotatable bonds is 4. The molecule has 2 rings (SSSR count). The first-order chi connectivity index (χ1) is 9.47. The van der Waals surface area contributed by atoms with E-state index in [9.17, 15) is 0 Å². The third-order valence-corrected chi connectivity index (χ3v) is 3.89. The molecule has 1 aromatic heterocycles. The Labute approximate surface area is 123 Å². The highest BCUT2D eigenvalue weighted by molar-refractivity contribution is 7.99. The summed E-state index contributed by atoms with van der Waals surface area (Å²) in [7, 11) is 0. The zero-order valence-electron chi connectivity index (χ0n) is 12.2. The average Bonchev–Trinajstić information content (AvgIpc) is 2.38. The summed E-state index contributed by atoms with van der Waals surface area (Å²) in [6.07, 6.45) is 1.52. The second-order valence-electron chi connectivity index (χ2n) is 4.94. The van der Waals surface area contributed by atoms with E-state index in [0.29, 0.717) is 11.6 Å². The molecule has 0 saturated carbocycles. The van der Waals surface area contributed by atoms with Gasteiger partial charge in [0.15, 0.2) is 0 Å². The number of benzene rings is 1. The predicted octanol–water partition coefficient (Wildman–Crippen LogP) is 3.61. The van der Waals surface area contributed by atoms with Crippen molar-refractivity contribution >= 4 is 17.4 Å². The molecule has 0 spiro atoms. The molecule has 0 saturated heterocycles. The molecule has 2 N–H and O–H groups in total. The quantitative estimate of drug-likeness (QED) is 0.871. The van der Waals surface area contributed by atoms with Gasteiger partial charge in [0.25, 0.3) is 0 Å². The number of ether oxygens (including phenoxy) is 1. The summed E-state index contributed by atoms with van der Waals surface area (Å²) in [5.41, 5.74) is 9.00. The summed E-state index contributed by atoms with van der Waals surface area (Å²) in [5.74, 6) is 0.447. The molecule has 0 radical (unpaired) electrons. The number of aryl methyl sites for hydroxylation is 2. The van der Waals surface area contributed by atoms with Gasteiger partial charge in [0.05, 0.1) is 6.10 Å². The minimum absolute atomic E-state index is 0.0331. The van der Waals surface area contributed by atoms with Gasteiger partial charge in [-0.2, -0.15) is 4.98 Å². The predicted molar refractivity (Wildman–Crippen MR) is 82.2 cm³/mol. The van der Waals surface area contributed by atoms with Gasteiger partial charge in [-0.05, 0) is 44.9 Å². The van der Waals surface area contributed by atoms with Crippen LogP contribution in [0.1, 0.15) is 25.0 Å². The Hall–Kier alpha value is -1.75. The summed E-state index contributed by atoms with van der Waals surface area (Å²) in [5, 5.41) is 0.726. The monoisotopic (exact) mass is 289 g/mol. The maximum atomic E-state index is 6.10. The molecule has 1 heterocycles. The van der Waals surface area contributed by atoms with E-state index in [2.05, 4.69) is 42.0 Å². The summed E-state index contributed by atoms with van der Waals surface area (Å²) in [4.78, 5) is 9.49. The van der Waals surface area contributed by atoms with Crippen LogP contribution in [-0.2, 0) is 0 Å². The number of anilines is 1. The lowest BCUT2D eigenvalue weighted by atomic mass is 10.2. The Bertz CT molecular complexity index is 614. The first-order valence-corrected chi connectivity index (χ1v) is 7.31. The Morgan fingerprint density at radius 3 is 2.65 bits per heavy atom. The van der Waals surface area contributed by atoms with E-state index >= 15 is 0 Å². The van der Waals surface area contributed by atoms with Crippen molar-refractivity contribution in [1.29, 1.82) is 0 Å². The van der Waals surface area contributed by atoms with Crippen molar-refractivity contribution in [2.75, 3.05) is 5.73 Å². The number of aromatic nitrogens is 2. The van der Waals surface area contributed by atoms with E-state index in [1.165, 1.54) is 17.5 Å². The van der Waals surface area contributed by atoms with Crippen molar-refractivity contribution < 1.29 is 4.74 Å². The van der Waals surface area contributed by atoms with Gasteiger partial charge in [-0.25, -0.2) is 4.98 Å². The largest absolute Gasteiger partial charge is 0.473 e. The third kappa shape index (κ3) is 3.42. The van der Waals surface area contributed by atoms with Gasteiger partial charge >= 0.3 is 0 Å². The van der Waals surface area contributed by atoms with Crippen LogP contribution in [0.15, 0.2) is 34.4 Å². The maximum Gasteiger partial charge on any atom is 0.241 e. The van der Waals surface area contributed by atoms with Crippen LogP contribution in [0.5, 0.6) is 5.88 Å². The normalized spacial score (nSPS) is 10.8. The number of nitrogens with two attached hydrogens (primary N) is 1. The number of hydrogen-bond acceptors (Lipinski definition) is 5. The SMILES string of the molecule is Cc1ccc(C)c(Sc2ncnc(OC(C)C)c2N)c1. The third-order valence-electron chi connectivity index (χ3n) is 2.71. The van der Waals surface area contributed by atoms with Gasteiger partial charge in [0.1, 0.15) is 17.0 Å². The fourth-order valence-corrected chi connectivity index (χ4v) is 2.66.